The molecule has 0 bridgehead atoms. The van der Waals surface area contributed by atoms with Crippen molar-refractivity contribution in [2.75, 3.05) is 5.32 Å². The quantitative estimate of drug-likeness (QED) is 0.128. The summed E-state index contributed by atoms with van der Waals surface area (Å²) in [6.45, 7) is 0. The van der Waals surface area contributed by atoms with E-state index in [9.17, 15) is 13.2 Å². The van der Waals surface area contributed by atoms with Gasteiger partial charge in [0.05, 0.1) is 33.0 Å². The summed E-state index contributed by atoms with van der Waals surface area (Å²) in [6, 6.07) is 20.3. The van der Waals surface area contributed by atoms with Gasteiger partial charge in [0.1, 0.15) is 12.1 Å². The van der Waals surface area contributed by atoms with Crippen molar-refractivity contribution in [2.24, 2.45) is 5.10 Å². The molecular weight excluding hydrogens is 558 g/mol. The van der Waals surface area contributed by atoms with Crippen LogP contribution in [0.5, 0.6) is 5.75 Å². The Kier molecular flexibility index (Phi) is 7.11. The third kappa shape index (κ3) is 5.67. The number of fused-ring (bicyclic) bond motifs is 3. The summed E-state index contributed by atoms with van der Waals surface area (Å²) in [7, 11) is 0. The molecule has 0 aliphatic heterocycles. The van der Waals surface area contributed by atoms with Crippen LogP contribution in [-0.4, -0.2) is 27.2 Å². The molecule has 0 unspecified atom stereocenters. The van der Waals surface area contributed by atoms with Gasteiger partial charge in [0.15, 0.2) is 5.11 Å². The lowest BCUT2D eigenvalue weighted by Crippen LogP contribution is -2.24. The molecule has 12 heteroatoms. The number of hydrogen-bond acceptors (Lipinski definition) is 4. The monoisotopic (exact) mass is 573 g/mol. The van der Waals surface area contributed by atoms with E-state index < -0.39 is 6.36 Å². The maximum absolute atomic E-state index is 12.4. The van der Waals surface area contributed by atoms with Crippen LogP contribution in [0.4, 0.5) is 18.9 Å². The van der Waals surface area contributed by atoms with Gasteiger partial charge in [-0.15, -0.1) is 13.2 Å². The van der Waals surface area contributed by atoms with Crippen molar-refractivity contribution in [3.8, 4) is 11.4 Å². The van der Waals surface area contributed by atoms with Gasteiger partial charge in [-0.1, -0.05) is 47.5 Å². The highest BCUT2D eigenvalue weighted by Crippen LogP contribution is 2.30. The minimum absolute atomic E-state index is 0.224. The van der Waals surface area contributed by atoms with E-state index in [1.807, 2.05) is 30.3 Å². The minimum Gasteiger partial charge on any atom is -0.406 e. The lowest BCUT2D eigenvalue weighted by atomic mass is 10.1. The van der Waals surface area contributed by atoms with E-state index in [4.69, 9.17) is 35.4 Å². The molecule has 5 rings (SSSR count). The molecule has 1 aromatic heterocycles. The van der Waals surface area contributed by atoms with E-state index in [0.29, 0.717) is 21.4 Å². The smallest absolute Gasteiger partial charge is 0.406 e. The van der Waals surface area contributed by atoms with Crippen molar-refractivity contribution < 1.29 is 17.9 Å². The Bertz CT molecular complexity index is 1670. The number of benzene rings is 4. The summed E-state index contributed by atoms with van der Waals surface area (Å²) in [4.78, 5) is 4.53. The van der Waals surface area contributed by atoms with Crippen LogP contribution in [0, 0.1) is 0 Å². The number of hydrazone groups is 1. The summed E-state index contributed by atoms with van der Waals surface area (Å²) in [6.07, 6.45) is -1.49. The van der Waals surface area contributed by atoms with Crippen molar-refractivity contribution in [3.63, 3.8) is 0 Å². The van der Waals surface area contributed by atoms with E-state index in [1.54, 1.807) is 35.3 Å². The summed E-state index contributed by atoms with van der Waals surface area (Å²) in [5.74, 6) is -0.288. The number of ether oxygens (including phenoxy) is 1. The number of aromatic nitrogens is 2. The number of halogens is 5. The first-order valence-electron chi connectivity index (χ1n) is 11.0. The van der Waals surface area contributed by atoms with Crippen LogP contribution in [0.3, 0.4) is 0 Å². The zero-order valence-corrected chi connectivity index (χ0v) is 21.5. The third-order valence-electron chi connectivity index (χ3n) is 5.49. The Balaban J connectivity index is 1.32. The average molecular weight is 574 g/mol. The van der Waals surface area contributed by atoms with Gasteiger partial charge in [-0.05, 0) is 71.7 Å². The average Bonchev–Trinajstić information content (AvgIpc) is 3.30. The first kappa shape index (κ1) is 25.8. The fourth-order valence-electron chi connectivity index (χ4n) is 3.85. The van der Waals surface area contributed by atoms with Gasteiger partial charge in [-0.25, -0.2) is 4.98 Å². The van der Waals surface area contributed by atoms with Gasteiger partial charge in [-0.3, -0.25) is 9.99 Å². The number of nitrogens with zero attached hydrogens (tertiary/aromatic N) is 3. The second kappa shape index (κ2) is 10.5. The first-order valence-corrected chi connectivity index (χ1v) is 12.1. The van der Waals surface area contributed by atoms with E-state index >= 15 is 0 Å². The molecule has 38 heavy (non-hydrogen) atoms. The molecule has 0 fully saturated rings. The zero-order valence-electron chi connectivity index (χ0n) is 19.1. The lowest BCUT2D eigenvalue weighted by Gasteiger charge is -2.10. The van der Waals surface area contributed by atoms with Crippen LogP contribution in [-0.2, 0) is 0 Å². The van der Waals surface area contributed by atoms with E-state index in [1.165, 1.54) is 24.3 Å². The van der Waals surface area contributed by atoms with Gasteiger partial charge in [-0.2, -0.15) is 5.10 Å². The number of hydrogen-bond donors (Lipinski definition) is 2. The number of para-hydroxylation sites is 1. The number of rotatable bonds is 5. The molecule has 6 nitrogen and oxygen atoms in total. The molecular formula is C26H16Cl2F3N5OS. The highest BCUT2D eigenvalue weighted by Gasteiger charge is 2.31. The molecule has 2 N–H and O–H groups in total. The largest absolute Gasteiger partial charge is 0.573 e. The molecule has 0 radical (unpaired) electrons. The van der Waals surface area contributed by atoms with Gasteiger partial charge in [0.2, 0.25) is 0 Å². The predicted octanol–water partition coefficient (Wildman–Crippen LogP) is 7.70. The number of thiocarbonyl (C=S) groups is 1. The van der Waals surface area contributed by atoms with Crippen LogP contribution in [0.25, 0.3) is 27.5 Å². The molecule has 0 amide bonds. The van der Waals surface area contributed by atoms with Gasteiger partial charge < -0.3 is 10.1 Å². The Hall–Kier alpha value is -3.86. The molecule has 0 saturated heterocycles. The highest BCUT2D eigenvalue weighted by atomic mass is 35.5. The molecule has 4 aromatic carbocycles. The maximum atomic E-state index is 12.4. The zero-order chi connectivity index (χ0) is 26.9. The standard InChI is InChI=1S/C26H16Cl2F3N5OS/c27-20-2-1-3-21(28)24(20)34-25(38)35-33-13-15-4-10-19-16(12-15)5-11-22-23(19)32-14-36(22)17-6-8-18(9-7-17)37-26(29,30)31/h1-14H,(H2,34,35,38). The summed E-state index contributed by atoms with van der Waals surface area (Å²) in [5.41, 5.74) is 6.25. The Morgan fingerprint density at radius 3 is 2.45 bits per heavy atom. The van der Waals surface area contributed by atoms with Crippen molar-refractivity contribution in [1.82, 2.24) is 15.0 Å². The normalized spacial score (nSPS) is 11.8. The Labute approximate surface area is 229 Å². The molecule has 0 atom stereocenters. The second-order valence-electron chi connectivity index (χ2n) is 7.99. The fourth-order valence-corrected chi connectivity index (χ4v) is 4.49. The molecule has 0 saturated carbocycles. The Morgan fingerprint density at radius 2 is 1.74 bits per heavy atom. The fraction of sp³-hybridized carbons (Fsp3) is 0.0385. The van der Waals surface area contributed by atoms with Crippen molar-refractivity contribution in [3.05, 3.63) is 94.7 Å². The van der Waals surface area contributed by atoms with Gasteiger partial charge >= 0.3 is 6.36 Å². The number of nitrogens with one attached hydrogen (secondary N) is 2. The number of alkyl halides is 3. The van der Waals surface area contributed by atoms with Crippen LogP contribution in [0.15, 0.2) is 84.2 Å². The molecule has 1 heterocycles. The highest BCUT2D eigenvalue weighted by molar-refractivity contribution is 7.80. The molecule has 0 aliphatic rings. The van der Waals surface area contributed by atoms with Crippen molar-refractivity contribution >= 4 is 74.2 Å². The van der Waals surface area contributed by atoms with E-state index in [2.05, 4.69) is 25.6 Å². The summed E-state index contributed by atoms with van der Waals surface area (Å²) in [5, 5.41) is 10.0. The van der Waals surface area contributed by atoms with Gasteiger partial charge in [0, 0.05) is 11.1 Å². The van der Waals surface area contributed by atoms with Crippen LogP contribution in [0.2, 0.25) is 10.0 Å². The number of imidazole rings is 1. The molecule has 0 aliphatic carbocycles. The Morgan fingerprint density at radius 1 is 1.00 bits per heavy atom. The predicted molar refractivity (Wildman–Crippen MR) is 149 cm³/mol. The minimum atomic E-state index is -4.74. The summed E-state index contributed by atoms with van der Waals surface area (Å²) >= 11 is 17.5. The van der Waals surface area contributed by atoms with Crippen LogP contribution < -0.4 is 15.5 Å². The third-order valence-corrected chi connectivity index (χ3v) is 6.31. The lowest BCUT2D eigenvalue weighted by molar-refractivity contribution is -0.274. The molecule has 0 spiro atoms. The topological polar surface area (TPSA) is 63.5 Å². The van der Waals surface area contributed by atoms with Crippen LogP contribution in [0.1, 0.15) is 5.56 Å². The number of anilines is 1. The maximum Gasteiger partial charge on any atom is 0.573 e. The SMILES string of the molecule is FC(F)(F)Oc1ccc(-n2cnc3c4ccc(C=NNC(=S)Nc5c(Cl)cccc5Cl)cc4ccc32)cc1. The summed E-state index contributed by atoms with van der Waals surface area (Å²) < 4.78 is 43.1. The van der Waals surface area contributed by atoms with E-state index in [0.717, 1.165) is 27.4 Å². The molecule has 5 aromatic rings. The molecule has 192 valence electrons. The second-order valence-corrected chi connectivity index (χ2v) is 9.21. The van der Waals surface area contributed by atoms with Crippen molar-refractivity contribution in [2.45, 2.75) is 6.36 Å². The van der Waals surface area contributed by atoms with E-state index in [-0.39, 0.29) is 10.9 Å². The van der Waals surface area contributed by atoms with Crippen molar-refractivity contribution in [1.29, 1.82) is 0 Å². The van der Waals surface area contributed by atoms with Gasteiger partial charge in [0.25, 0.3) is 0 Å². The first-order chi connectivity index (χ1) is 18.2. The van der Waals surface area contributed by atoms with Crippen LogP contribution >= 0.6 is 35.4 Å².